The van der Waals surface area contributed by atoms with Crippen LogP contribution < -0.4 is 5.32 Å². The van der Waals surface area contributed by atoms with Crippen molar-refractivity contribution in [1.29, 1.82) is 0 Å². The van der Waals surface area contributed by atoms with Gasteiger partial charge < -0.3 is 20.1 Å². The van der Waals surface area contributed by atoms with Crippen molar-refractivity contribution < 1.29 is 14.4 Å². The summed E-state index contributed by atoms with van der Waals surface area (Å²) in [6.45, 7) is 8.90. The van der Waals surface area contributed by atoms with Crippen LogP contribution in [0.4, 0.5) is 0 Å². The van der Waals surface area contributed by atoms with Crippen molar-refractivity contribution in [2.24, 2.45) is 5.41 Å². The van der Waals surface area contributed by atoms with E-state index in [2.05, 4.69) is 15.3 Å². The molecule has 3 atom stereocenters. The number of aromatic nitrogens is 2. The van der Waals surface area contributed by atoms with Crippen LogP contribution in [-0.2, 0) is 4.79 Å². The minimum atomic E-state index is -0.710. The number of hydrogen-bond donors (Lipinski definition) is 2. The number of piperidine rings is 1. The molecule has 3 amide bonds. The molecule has 2 aromatic carbocycles. The number of amides is 3. The number of rotatable bonds is 5. The van der Waals surface area contributed by atoms with Crippen molar-refractivity contribution in [3.8, 4) is 11.1 Å². The maximum Gasteiger partial charge on any atom is 0.272 e. The number of nitrogens with one attached hydrogen (secondary N) is 2. The summed E-state index contributed by atoms with van der Waals surface area (Å²) in [6, 6.07) is 22.5. The van der Waals surface area contributed by atoms with Gasteiger partial charge in [-0.15, -0.1) is 0 Å². The lowest BCUT2D eigenvalue weighted by Crippen LogP contribution is -2.73. The molecule has 42 heavy (non-hydrogen) atoms. The molecule has 2 saturated heterocycles. The van der Waals surface area contributed by atoms with Gasteiger partial charge in [0.25, 0.3) is 11.8 Å². The highest BCUT2D eigenvalue weighted by atomic mass is 16.2. The highest BCUT2D eigenvalue weighted by molar-refractivity contribution is 6.00. The number of likely N-dealkylation sites (tertiary alicyclic amines) is 2. The molecule has 6 rings (SSSR count). The maximum absolute atomic E-state index is 13.9. The van der Waals surface area contributed by atoms with Crippen LogP contribution >= 0.6 is 0 Å². The van der Waals surface area contributed by atoms with Gasteiger partial charge in [0, 0.05) is 35.2 Å². The molecule has 4 heterocycles. The number of fused-ring (bicyclic) bond motifs is 2. The number of H-pyrrole nitrogens is 1. The minimum Gasteiger partial charge on any atom is -0.351 e. The first-order chi connectivity index (χ1) is 20.1. The van der Waals surface area contributed by atoms with E-state index in [0.717, 1.165) is 40.6 Å². The second-order valence-corrected chi connectivity index (χ2v) is 12.5. The van der Waals surface area contributed by atoms with E-state index in [1.807, 2.05) is 98.2 Å². The molecule has 8 nitrogen and oxygen atoms in total. The van der Waals surface area contributed by atoms with Gasteiger partial charge in [-0.25, -0.2) is 4.98 Å². The smallest absolute Gasteiger partial charge is 0.272 e. The Morgan fingerprint density at radius 3 is 2.40 bits per heavy atom. The fourth-order valence-corrected chi connectivity index (χ4v) is 6.29. The van der Waals surface area contributed by atoms with Crippen LogP contribution in [0.3, 0.4) is 0 Å². The second kappa shape index (κ2) is 10.7. The van der Waals surface area contributed by atoms with Crippen molar-refractivity contribution >= 4 is 28.6 Å². The average Bonchev–Trinajstić information content (AvgIpc) is 3.40. The molecule has 216 valence electrons. The summed E-state index contributed by atoms with van der Waals surface area (Å²) in [5.74, 6) is -0.514. The molecule has 0 spiro atoms. The third kappa shape index (κ3) is 5.06. The first-order valence-corrected chi connectivity index (χ1v) is 14.6. The molecule has 0 radical (unpaired) electrons. The quantitative estimate of drug-likeness (QED) is 0.349. The van der Waals surface area contributed by atoms with E-state index in [0.29, 0.717) is 24.5 Å². The van der Waals surface area contributed by atoms with E-state index in [1.54, 1.807) is 12.1 Å². The number of aromatic amines is 1. The van der Waals surface area contributed by atoms with Crippen molar-refractivity contribution in [3.05, 3.63) is 89.9 Å². The molecule has 4 aromatic rings. The van der Waals surface area contributed by atoms with E-state index in [1.165, 1.54) is 0 Å². The third-order valence-electron chi connectivity index (χ3n) is 8.62. The van der Waals surface area contributed by atoms with Crippen LogP contribution in [0.15, 0.2) is 72.8 Å². The highest BCUT2D eigenvalue weighted by Gasteiger charge is 2.51. The Morgan fingerprint density at radius 2 is 1.69 bits per heavy atom. The Labute approximate surface area is 246 Å². The Hall–Kier alpha value is -4.46. The molecule has 0 bridgehead atoms. The number of hydrogen-bond acceptors (Lipinski definition) is 4. The molecule has 2 N–H and O–H groups in total. The van der Waals surface area contributed by atoms with Crippen LogP contribution in [0.2, 0.25) is 0 Å². The summed E-state index contributed by atoms with van der Waals surface area (Å²) in [4.78, 5) is 52.4. The zero-order valence-electron chi connectivity index (χ0n) is 24.6. The van der Waals surface area contributed by atoms with Crippen LogP contribution in [-0.4, -0.2) is 68.7 Å². The van der Waals surface area contributed by atoms with Crippen molar-refractivity contribution in [1.82, 2.24) is 25.1 Å². The molecule has 2 aromatic heterocycles. The second-order valence-electron chi connectivity index (χ2n) is 12.5. The van der Waals surface area contributed by atoms with Crippen LogP contribution in [0.25, 0.3) is 22.0 Å². The van der Waals surface area contributed by atoms with E-state index in [-0.39, 0.29) is 29.8 Å². The summed E-state index contributed by atoms with van der Waals surface area (Å²) in [7, 11) is 0. The number of aryl methyl sites for hydroxylation is 1. The number of para-hydroxylation sites is 1. The summed E-state index contributed by atoms with van der Waals surface area (Å²) in [5.41, 5.74) is 4.11. The van der Waals surface area contributed by atoms with Crippen LogP contribution in [0.1, 0.15) is 60.3 Å². The van der Waals surface area contributed by atoms with Gasteiger partial charge in [-0.05, 0) is 48.9 Å². The fraction of sp³-hybridized carbons (Fsp3) is 0.353. The van der Waals surface area contributed by atoms with Gasteiger partial charge in [-0.2, -0.15) is 0 Å². The predicted octanol–water partition coefficient (Wildman–Crippen LogP) is 5.20. The largest absolute Gasteiger partial charge is 0.351 e. The van der Waals surface area contributed by atoms with Gasteiger partial charge in [-0.1, -0.05) is 75.4 Å². The lowest BCUT2D eigenvalue weighted by Gasteiger charge is -2.56. The van der Waals surface area contributed by atoms with E-state index in [4.69, 9.17) is 0 Å². The van der Waals surface area contributed by atoms with Gasteiger partial charge >= 0.3 is 0 Å². The predicted molar refractivity (Wildman–Crippen MR) is 163 cm³/mol. The average molecular weight is 564 g/mol. The van der Waals surface area contributed by atoms with Crippen LogP contribution in [0, 0.1) is 12.3 Å². The van der Waals surface area contributed by atoms with Crippen LogP contribution in [0.5, 0.6) is 0 Å². The third-order valence-corrected chi connectivity index (χ3v) is 8.62. The minimum absolute atomic E-state index is 0.0591. The zero-order valence-corrected chi connectivity index (χ0v) is 24.6. The normalized spacial score (nSPS) is 19.1. The number of benzene rings is 2. The van der Waals surface area contributed by atoms with Gasteiger partial charge in [-0.3, -0.25) is 14.4 Å². The molecular formula is C34H37N5O3. The number of carbonyl (C=O) groups excluding carboxylic acids is 3. The Bertz CT molecular complexity index is 1620. The summed E-state index contributed by atoms with van der Waals surface area (Å²) in [5, 5.41) is 3.95. The molecule has 2 aliphatic heterocycles. The number of pyridine rings is 1. The monoisotopic (exact) mass is 563 g/mol. The van der Waals surface area contributed by atoms with Crippen molar-refractivity contribution in [2.75, 3.05) is 13.1 Å². The SMILES string of the molecule is Cc1nc(C(=O)N2CCCC3[C@H]2CN3C(=O)[C@@H](NC(=O)c2cc3ccccc3[nH]2)C(C)(C)C)ccc1-c1ccccc1. The molecule has 2 aliphatic rings. The standard InChI is InChI=1S/C34H37N5O3/c1-21-24(22-11-6-5-7-12-22)16-17-26(35-21)32(41)38-18-10-15-28-29(38)20-39(28)33(42)30(34(2,3)4)37-31(40)27-19-23-13-8-9-14-25(23)36-27/h5-9,11-14,16-17,19,28-30,36H,10,15,18,20H2,1-4H3,(H,37,40)/t28?,29-,30-/m1/s1. The number of carbonyl (C=O) groups is 3. The number of nitrogens with zero attached hydrogens (tertiary/aromatic N) is 3. The summed E-state index contributed by atoms with van der Waals surface area (Å²) < 4.78 is 0. The van der Waals surface area contributed by atoms with Crippen molar-refractivity contribution in [3.63, 3.8) is 0 Å². The Morgan fingerprint density at radius 1 is 0.952 bits per heavy atom. The molecule has 0 aliphatic carbocycles. The molecule has 0 saturated carbocycles. The highest BCUT2D eigenvalue weighted by Crippen LogP contribution is 2.35. The zero-order chi connectivity index (χ0) is 29.6. The molecule has 1 unspecified atom stereocenters. The van der Waals surface area contributed by atoms with E-state index >= 15 is 0 Å². The molecule has 2 fully saturated rings. The first kappa shape index (κ1) is 27.7. The molecule has 8 heteroatoms. The Kier molecular flexibility index (Phi) is 7.09. The lowest BCUT2D eigenvalue weighted by atomic mass is 9.81. The van der Waals surface area contributed by atoms with Gasteiger partial charge in [0.2, 0.25) is 5.91 Å². The molecular weight excluding hydrogens is 526 g/mol. The fourth-order valence-electron chi connectivity index (χ4n) is 6.29. The van der Waals surface area contributed by atoms with Gasteiger partial charge in [0.15, 0.2) is 0 Å². The topological polar surface area (TPSA) is 98.4 Å². The van der Waals surface area contributed by atoms with Gasteiger partial charge in [0.05, 0.1) is 12.1 Å². The summed E-state index contributed by atoms with van der Waals surface area (Å²) >= 11 is 0. The van der Waals surface area contributed by atoms with Crippen molar-refractivity contribution in [2.45, 2.75) is 58.7 Å². The first-order valence-electron chi connectivity index (χ1n) is 14.6. The summed E-state index contributed by atoms with van der Waals surface area (Å²) in [6.07, 6.45) is 1.63. The van der Waals surface area contributed by atoms with E-state index in [9.17, 15) is 14.4 Å². The maximum atomic E-state index is 13.9. The van der Waals surface area contributed by atoms with E-state index < -0.39 is 11.5 Å². The Balaban J connectivity index is 1.16. The van der Waals surface area contributed by atoms with Gasteiger partial charge in [0.1, 0.15) is 17.4 Å². The lowest BCUT2D eigenvalue weighted by molar-refractivity contribution is -0.152.